The second-order valence-corrected chi connectivity index (χ2v) is 7.84. The highest BCUT2D eigenvalue weighted by Gasteiger charge is 2.42. The molecule has 28 heavy (non-hydrogen) atoms. The summed E-state index contributed by atoms with van der Waals surface area (Å²) in [6.45, 7) is 7.22. The minimum atomic E-state index is -0.706. The van der Waals surface area contributed by atoms with E-state index in [4.69, 9.17) is 9.47 Å². The number of hydrogen-bond donors (Lipinski definition) is 1. The van der Waals surface area contributed by atoms with Crippen molar-refractivity contribution >= 4 is 11.6 Å². The molecule has 0 radical (unpaired) electrons. The lowest BCUT2D eigenvalue weighted by molar-refractivity contribution is -0.147. The first kappa shape index (κ1) is 20.4. The molecule has 2 aromatic rings. The molecule has 1 aliphatic carbocycles. The predicted molar refractivity (Wildman–Crippen MR) is 113 cm³/mol. The minimum absolute atomic E-state index is 0.0294. The number of aryl methyl sites for hydroxylation is 1. The van der Waals surface area contributed by atoms with Crippen molar-refractivity contribution in [3.63, 3.8) is 0 Å². The smallest absolute Gasteiger partial charge is 0.256 e. The van der Waals surface area contributed by atoms with Crippen LogP contribution in [0.3, 0.4) is 0 Å². The molecular weight excluding hydrogens is 350 g/mol. The molecule has 2 atom stereocenters. The van der Waals surface area contributed by atoms with Crippen molar-refractivity contribution in [2.45, 2.75) is 58.7 Å². The molecule has 4 heteroatoms. The Morgan fingerprint density at radius 1 is 1.21 bits per heavy atom. The molecule has 4 nitrogen and oxygen atoms in total. The maximum atomic E-state index is 13.1. The van der Waals surface area contributed by atoms with Crippen LogP contribution in [0.2, 0.25) is 0 Å². The average Bonchev–Trinajstić information content (AvgIpc) is 2.68. The van der Waals surface area contributed by atoms with E-state index in [1.807, 2.05) is 62.4 Å². The second-order valence-electron chi connectivity index (χ2n) is 7.84. The summed E-state index contributed by atoms with van der Waals surface area (Å²) in [5.41, 5.74) is 2.20. The molecule has 0 aliphatic heterocycles. The molecule has 1 saturated carbocycles. The molecule has 2 aromatic carbocycles. The lowest BCUT2D eigenvalue weighted by Crippen LogP contribution is -2.48. The van der Waals surface area contributed by atoms with Gasteiger partial charge in [-0.2, -0.15) is 0 Å². The highest BCUT2D eigenvalue weighted by Crippen LogP contribution is 2.36. The van der Waals surface area contributed by atoms with Gasteiger partial charge in [-0.1, -0.05) is 43.7 Å². The lowest BCUT2D eigenvalue weighted by atomic mass is 9.78. The quantitative estimate of drug-likeness (QED) is 0.689. The molecule has 0 heterocycles. The second kappa shape index (κ2) is 9.24. The first-order valence-corrected chi connectivity index (χ1v) is 10.3. The minimum Gasteiger partial charge on any atom is -0.489 e. The van der Waals surface area contributed by atoms with Gasteiger partial charge in [0, 0.05) is 12.3 Å². The molecule has 0 saturated heterocycles. The summed E-state index contributed by atoms with van der Waals surface area (Å²) in [5.74, 6) is 1.30. The summed E-state index contributed by atoms with van der Waals surface area (Å²) in [5, 5.41) is 3.08. The predicted octanol–water partition coefficient (Wildman–Crippen LogP) is 5.50. The fraction of sp³-hybridized carbons (Fsp3) is 0.458. The van der Waals surface area contributed by atoms with Crippen molar-refractivity contribution in [2.75, 3.05) is 11.9 Å². The van der Waals surface area contributed by atoms with E-state index < -0.39 is 5.60 Å². The molecule has 0 unspecified atom stereocenters. The highest BCUT2D eigenvalue weighted by molar-refractivity contribution is 5.97. The summed E-state index contributed by atoms with van der Waals surface area (Å²) in [6.07, 6.45) is 3.76. The fourth-order valence-electron chi connectivity index (χ4n) is 4.05. The van der Waals surface area contributed by atoms with Gasteiger partial charge in [0.1, 0.15) is 18.0 Å². The third-order valence-electron chi connectivity index (χ3n) is 5.46. The average molecular weight is 382 g/mol. The van der Waals surface area contributed by atoms with Gasteiger partial charge in [0.05, 0.1) is 0 Å². The Balaban J connectivity index is 1.66. The topological polar surface area (TPSA) is 47.6 Å². The number of rotatable bonds is 7. The lowest BCUT2D eigenvalue weighted by Gasteiger charge is -2.38. The Labute approximate surface area is 168 Å². The number of carbonyl (C=O) groups is 1. The number of hydrogen-bond acceptors (Lipinski definition) is 3. The standard InChI is InChI=1S/C24H31NO3/c1-4-28-24(14-8-9-18(2)16-24)23(26)25-21-12-13-22(19(3)15-21)27-17-20-10-6-5-7-11-20/h5-7,10-13,15,18H,4,8-9,14,16-17H2,1-3H3,(H,25,26)/t18-,24-/m0/s1. The number of amides is 1. The third kappa shape index (κ3) is 4.93. The third-order valence-corrected chi connectivity index (χ3v) is 5.46. The van der Waals surface area contributed by atoms with E-state index in [0.717, 1.165) is 48.2 Å². The van der Waals surface area contributed by atoms with Crippen molar-refractivity contribution in [1.29, 1.82) is 0 Å². The zero-order valence-corrected chi connectivity index (χ0v) is 17.2. The molecule has 1 N–H and O–H groups in total. The zero-order valence-electron chi connectivity index (χ0n) is 17.2. The van der Waals surface area contributed by atoms with Crippen LogP contribution in [-0.4, -0.2) is 18.1 Å². The van der Waals surface area contributed by atoms with Crippen LogP contribution in [0.4, 0.5) is 5.69 Å². The van der Waals surface area contributed by atoms with Crippen LogP contribution in [0.25, 0.3) is 0 Å². The van der Waals surface area contributed by atoms with Gasteiger partial charge in [-0.15, -0.1) is 0 Å². The van der Waals surface area contributed by atoms with Crippen molar-refractivity contribution in [3.8, 4) is 5.75 Å². The Bertz CT molecular complexity index is 786. The monoisotopic (exact) mass is 381 g/mol. The van der Waals surface area contributed by atoms with Crippen molar-refractivity contribution in [3.05, 3.63) is 59.7 Å². The van der Waals surface area contributed by atoms with Crippen molar-refractivity contribution in [2.24, 2.45) is 5.92 Å². The molecule has 1 amide bonds. The van der Waals surface area contributed by atoms with Crippen LogP contribution in [0.1, 0.15) is 50.7 Å². The Kier molecular flexibility index (Phi) is 6.74. The fourth-order valence-corrected chi connectivity index (χ4v) is 4.05. The summed E-state index contributed by atoms with van der Waals surface area (Å²) in [7, 11) is 0. The van der Waals surface area contributed by atoms with Gasteiger partial charge in [0.25, 0.3) is 5.91 Å². The molecule has 3 rings (SSSR count). The van der Waals surface area contributed by atoms with Crippen molar-refractivity contribution < 1.29 is 14.3 Å². The number of benzene rings is 2. The Hall–Kier alpha value is -2.33. The van der Waals surface area contributed by atoms with E-state index in [-0.39, 0.29) is 5.91 Å². The maximum absolute atomic E-state index is 13.1. The Morgan fingerprint density at radius 2 is 2.00 bits per heavy atom. The number of anilines is 1. The van der Waals surface area contributed by atoms with E-state index in [1.165, 1.54) is 0 Å². The van der Waals surface area contributed by atoms with Gasteiger partial charge in [-0.25, -0.2) is 0 Å². The van der Waals surface area contributed by atoms with Gasteiger partial charge >= 0.3 is 0 Å². The van der Waals surface area contributed by atoms with E-state index >= 15 is 0 Å². The summed E-state index contributed by atoms with van der Waals surface area (Å²) < 4.78 is 11.9. The van der Waals surface area contributed by atoms with E-state index in [9.17, 15) is 4.79 Å². The highest BCUT2D eigenvalue weighted by atomic mass is 16.5. The van der Waals surface area contributed by atoms with Gasteiger partial charge in [-0.05, 0) is 68.4 Å². The maximum Gasteiger partial charge on any atom is 0.256 e. The first-order chi connectivity index (χ1) is 13.5. The largest absolute Gasteiger partial charge is 0.489 e. The van der Waals surface area contributed by atoms with E-state index in [1.54, 1.807) is 0 Å². The van der Waals surface area contributed by atoms with Gasteiger partial charge < -0.3 is 14.8 Å². The molecular formula is C24H31NO3. The summed E-state index contributed by atoms with van der Waals surface area (Å²) in [4.78, 5) is 13.1. The summed E-state index contributed by atoms with van der Waals surface area (Å²) >= 11 is 0. The first-order valence-electron chi connectivity index (χ1n) is 10.3. The van der Waals surface area contributed by atoms with Gasteiger partial charge in [-0.3, -0.25) is 4.79 Å². The van der Waals surface area contributed by atoms with Crippen LogP contribution in [0.5, 0.6) is 5.75 Å². The van der Waals surface area contributed by atoms with E-state index in [0.29, 0.717) is 19.1 Å². The molecule has 150 valence electrons. The van der Waals surface area contributed by atoms with Crippen molar-refractivity contribution in [1.82, 2.24) is 0 Å². The number of nitrogens with one attached hydrogen (secondary N) is 1. The van der Waals surface area contributed by atoms with E-state index in [2.05, 4.69) is 12.2 Å². The zero-order chi connectivity index (χ0) is 20.0. The molecule has 1 fully saturated rings. The van der Waals surface area contributed by atoms with Crippen LogP contribution in [0.15, 0.2) is 48.5 Å². The SMILES string of the molecule is CCO[C@@]1(C(=O)Nc2ccc(OCc3ccccc3)c(C)c2)CCC[C@H](C)C1. The van der Waals surface area contributed by atoms with Crippen LogP contribution in [-0.2, 0) is 16.1 Å². The van der Waals surface area contributed by atoms with Crippen LogP contribution < -0.4 is 10.1 Å². The Morgan fingerprint density at radius 3 is 2.68 bits per heavy atom. The number of carbonyl (C=O) groups excluding carboxylic acids is 1. The molecule has 1 aliphatic rings. The van der Waals surface area contributed by atoms with Crippen LogP contribution in [0, 0.1) is 12.8 Å². The summed E-state index contributed by atoms with van der Waals surface area (Å²) in [6, 6.07) is 15.9. The normalized spacial score (nSPS) is 21.9. The molecule has 0 spiro atoms. The number of ether oxygens (including phenoxy) is 2. The molecule has 0 bridgehead atoms. The van der Waals surface area contributed by atoms with Gasteiger partial charge in [0.2, 0.25) is 0 Å². The molecule has 0 aromatic heterocycles. The van der Waals surface area contributed by atoms with Gasteiger partial charge in [0.15, 0.2) is 0 Å². The van der Waals surface area contributed by atoms with Crippen LogP contribution >= 0.6 is 0 Å².